The molecule has 0 amide bonds. The molecule has 1 aromatic rings. The standard InChI is InChI=1S/C15H25O4SSi/c1-7-15(3,19-21(4,5)6)12-18-20(16,17)14-10-8-13(2)9-11-14/h8-11H,3,7,12H2,1-2,4-6H3. The minimum atomic E-state index is -3.78. The Balaban J connectivity index is 2.82. The summed E-state index contributed by atoms with van der Waals surface area (Å²) in [5.41, 5.74) is 0.165. The van der Waals surface area contributed by atoms with Gasteiger partial charge in [-0.05, 0) is 52.0 Å². The first-order valence-electron chi connectivity index (χ1n) is 6.99. The van der Waals surface area contributed by atoms with Crippen LogP contribution in [-0.4, -0.2) is 28.9 Å². The van der Waals surface area contributed by atoms with E-state index in [1.54, 1.807) is 24.3 Å². The monoisotopic (exact) mass is 329 g/mol. The Morgan fingerprint density at radius 3 is 2.14 bits per heavy atom. The van der Waals surface area contributed by atoms with Crippen molar-refractivity contribution in [2.24, 2.45) is 0 Å². The molecule has 119 valence electrons. The van der Waals surface area contributed by atoms with E-state index in [2.05, 4.69) is 6.92 Å². The Morgan fingerprint density at radius 2 is 1.71 bits per heavy atom. The summed E-state index contributed by atoms with van der Waals surface area (Å²) in [6.45, 7) is 13.9. The van der Waals surface area contributed by atoms with E-state index in [1.165, 1.54) is 0 Å². The van der Waals surface area contributed by atoms with Crippen LogP contribution in [0.15, 0.2) is 29.2 Å². The van der Waals surface area contributed by atoms with Crippen LogP contribution in [-0.2, 0) is 18.7 Å². The fourth-order valence-electron chi connectivity index (χ4n) is 1.81. The predicted octanol–water partition coefficient (Wildman–Crippen LogP) is 3.53. The van der Waals surface area contributed by atoms with E-state index < -0.39 is 24.0 Å². The number of rotatable bonds is 7. The van der Waals surface area contributed by atoms with Gasteiger partial charge in [-0.15, -0.1) is 0 Å². The van der Waals surface area contributed by atoms with Crippen LogP contribution < -0.4 is 0 Å². The normalized spacial score (nSPS) is 15.7. The van der Waals surface area contributed by atoms with Crippen LogP contribution in [0, 0.1) is 13.8 Å². The lowest BCUT2D eigenvalue weighted by atomic mass is 10.1. The average molecular weight is 330 g/mol. The third kappa shape index (κ3) is 5.90. The maximum atomic E-state index is 12.2. The molecule has 0 aliphatic carbocycles. The van der Waals surface area contributed by atoms with Gasteiger partial charge in [0.15, 0.2) is 8.32 Å². The number of hydrogen-bond donors (Lipinski definition) is 0. The molecule has 1 rings (SSSR count). The molecule has 0 saturated carbocycles. The molecule has 1 aromatic carbocycles. The molecule has 1 radical (unpaired) electrons. The van der Waals surface area contributed by atoms with Gasteiger partial charge in [-0.3, -0.25) is 4.18 Å². The maximum Gasteiger partial charge on any atom is 0.297 e. The van der Waals surface area contributed by atoms with E-state index in [1.807, 2.05) is 33.5 Å². The SMILES string of the molecule is [CH2]C(CC)(COS(=O)(=O)c1ccc(C)cc1)O[Si](C)(C)C. The molecule has 0 N–H and O–H groups in total. The lowest BCUT2D eigenvalue weighted by Crippen LogP contribution is -2.44. The van der Waals surface area contributed by atoms with Gasteiger partial charge < -0.3 is 4.43 Å². The fourth-order valence-corrected chi connectivity index (χ4v) is 4.29. The molecule has 4 nitrogen and oxygen atoms in total. The molecule has 1 atom stereocenters. The zero-order chi connectivity index (χ0) is 16.3. The molecule has 1 unspecified atom stereocenters. The van der Waals surface area contributed by atoms with E-state index in [0.29, 0.717) is 6.42 Å². The summed E-state index contributed by atoms with van der Waals surface area (Å²) >= 11 is 0. The van der Waals surface area contributed by atoms with Gasteiger partial charge in [-0.1, -0.05) is 24.6 Å². The minimum absolute atomic E-state index is 0.0794. The molecular weight excluding hydrogens is 304 g/mol. The Morgan fingerprint density at radius 1 is 1.19 bits per heavy atom. The first-order valence-corrected chi connectivity index (χ1v) is 11.8. The lowest BCUT2D eigenvalue weighted by molar-refractivity contribution is 0.0510. The average Bonchev–Trinajstić information content (AvgIpc) is 2.35. The highest BCUT2D eigenvalue weighted by atomic mass is 32.2. The van der Waals surface area contributed by atoms with Gasteiger partial charge >= 0.3 is 0 Å². The highest BCUT2D eigenvalue weighted by Crippen LogP contribution is 2.23. The molecule has 0 heterocycles. The lowest BCUT2D eigenvalue weighted by Gasteiger charge is -2.34. The largest absolute Gasteiger partial charge is 0.410 e. The molecule has 0 spiro atoms. The number of hydrogen-bond acceptors (Lipinski definition) is 4. The Kier molecular flexibility index (Phi) is 5.77. The molecular formula is C15H25O4SSi. The molecule has 0 bridgehead atoms. The first kappa shape index (κ1) is 18.4. The Hall–Kier alpha value is -0.693. The van der Waals surface area contributed by atoms with Crippen molar-refractivity contribution in [1.82, 2.24) is 0 Å². The second-order valence-corrected chi connectivity index (χ2v) is 12.3. The van der Waals surface area contributed by atoms with Crippen LogP contribution >= 0.6 is 0 Å². The predicted molar refractivity (Wildman–Crippen MR) is 87.1 cm³/mol. The first-order chi connectivity index (χ1) is 9.47. The third-order valence-corrected chi connectivity index (χ3v) is 5.28. The van der Waals surface area contributed by atoms with Crippen molar-refractivity contribution in [1.29, 1.82) is 0 Å². The molecule has 6 heteroatoms. The van der Waals surface area contributed by atoms with Crippen molar-refractivity contribution in [3.63, 3.8) is 0 Å². The molecule has 0 aliphatic heterocycles. The van der Waals surface area contributed by atoms with Gasteiger partial charge in [0.2, 0.25) is 0 Å². The maximum absolute atomic E-state index is 12.2. The Labute approximate surface area is 129 Å². The Bertz CT molecular complexity index is 560. The highest BCUT2D eigenvalue weighted by molar-refractivity contribution is 7.86. The van der Waals surface area contributed by atoms with E-state index in [0.717, 1.165) is 5.56 Å². The second kappa shape index (κ2) is 6.60. The van der Waals surface area contributed by atoms with Gasteiger partial charge in [0.25, 0.3) is 10.1 Å². The van der Waals surface area contributed by atoms with Gasteiger partial charge in [0.05, 0.1) is 17.1 Å². The van der Waals surface area contributed by atoms with Crippen LogP contribution in [0.4, 0.5) is 0 Å². The van der Waals surface area contributed by atoms with Crippen molar-refractivity contribution in [2.45, 2.75) is 50.4 Å². The van der Waals surface area contributed by atoms with E-state index in [4.69, 9.17) is 8.61 Å². The molecule has 0 saturated heterocycles. The topological polar surface area (TPSA) is 52.6 Å². The van der Waals surface area contributed by atoms with Crippen LogP contribution in [0.25, 0.3) is 0 Å². The van der Waals surface area contributed by atoms with E-state index in [9.17, 15) is 8.42 Å². The summed E-state index contributed by atoms with van der Waals surface area (Å²) in [5.74, 6) is 0. The molecule has 0 fully saturated rings. The minimum Gasteiger partial charge on any atom is -0.410 e. The highest BCUT2D eigenvalue weighted by Gasteiger charge is 2.32. The summed E-state index contributed by atoms with van der Waals surface area (Å²) < 4.78 is 35.5. The number of aryl methyl sites for hydroxylation is 1. The van der Waals surface area contributed by atoms with E-state index >= 15 is 0 Å². The van der Waals surface area contributed by atoms with Crippen LogP contribution in [0.3, 0.4) is 0 Å². The van der Waals surface area contributed by atoms with Crippen molar-refractivity contribution in [3.05, 3.63) is 36.8 Å². The van der Waals surface area contributed by atoms with Crippen molar-refractivity contribution >= 4 is 18.4 Å². The third-order valence-electron chi connectivity index (χ3n) is 2.95. The second-order valence-electron chi connectivity index (χ2n) is 6.28. The van der Waals surface area contributed by atoms with Gasteiger partial charge in [0.1, 0.15) is 0 Å². The molecule has 0 aromatic heterocycles. The van der Waals surface area contributed by atoms with Crippen LogP contribution in [0.2, 0.25) is 19.6 Å². The zero-order valence-corrected chi connectivity index (χ0v) is 15.3. The van der Waals surface area contributed by atoms with Crippen LogP contribution in [0.5, 0.6) is 0 Å². The molecule has 21 heavy (non-hydrogen) atoms. The summed E-state index contributed by atoms with van der Waals surface area (Å²) in [4.78, 5) is 0.152. The van der Waals surface area contributed by atoms with Crippen molar-refractivity contribution in [3.8, 4) is 0 Å². The quantitative estimate of drug-likeness (QED) is 0.567. The summed E-state index contributed by atoms with van der Waals surface area (Å²) in [5, 5.41) is 0. The summed E-state index contributed by atoms with van der Waals surface area (Å²) in [6, 6.07) is 6.57. The summed E-state index contributed by atoms with van der Waals surface area (Å²) in [7, 11) is -5.61. The van der Waals surface area contributed by atoms with E-state index in [-0.39, 0.29) is 11.5 Å². The fraction of sp³-hybridized carbons (Fsp3) is 0.533. The summed E-state index contributed by atoms with van der Waals surface area (Å²) in [6.07, 6.45) is 0.584. The van der Waals surface area contributed by atoms with Crippen molar-refractivity contribution < 1.29 is 17.0 Å². The van der Waals surface area contributed by atoms with Gasteiger partial charge in [0, 0.05) is 0 Å². The van der Waals surface area contributed by atoms with Crippen LogP contribution in [0.1, 0.15) is 18.9 Å². The van der Waals surface area contributed by atoms with Gasteiger partial charge in [-0.25, -0.2) is 0 Å². The van der Waals surface area contributed by atoms with Gasteiger partial charge in [-0.2, -0.15) is 8.42 Å². The van der Waals surface area contributed by atoms with Crippen molar-refractivity contribution in [2.75, 3.05) is 6.61 Å². The smallest absolute Gasteiger partial charge is 0.297 e. The molecule has 0 aliphatic rings. The number of benzene rings is 1. The zero-order valence-electron chi connectivity index (χ0n) is 13.5.